The Kier molecular flexibility index (Phi) is 5.30. The largest absolute Gasteiger partial charge is 0.459 e. The molecule has 0 bridgehead atoms. The number of benzene rings is 2. The summed E-state index contributed by atoms with van der Waals surface area (Å²) in [5, 5.41) is 4.10. The van der Waals surface area contributed by atoms with E-state index in [9.17, 15) is 9.59 Å². The number of halogens is 2. The lowest BCUT2D eigenvalue weighted by Crippen LogP contribution is -2.30. The molecule has 0 atom stereocenters. The molecule has 6 nitrogen and oxygen atoms in total. The van der Waals surface area contributed by atoms with Crippen LogP contribution in [0.25, 0.3) is 10.1 Å². The number of amides is 1. The van der Waals surface area contributed by atoms with Crippen LogP contribution in [0.4, 0.5) is 0 Å². The van der Waals surface area contributed by atoms with E-state index in [1.54, 1.807) is 12.1 Å². The number of carbonyl (C=O) groups is 2. The van der Waals surface area contributed by atoms with Crippen molar-refractivity contribution in [1.29, 1.82) is 0 Å². The van der Waals surface area contributed by atoms with Gasteiger partial charge in [-0.15, -0.1) is 11.3 Å². The molecule has 0 spiro atoms. The highest BCUT2D eigenvalue weighted by Gasteiger charge is 2.20. The molecular weight excluding hydrogens is 425 g/mol. The van der Waals surface area contributed by atoms with Crippen molar-refractivity contribution >= 4 is 56.5 Å². The molecule has 3 aromatic rings. The maximum absolute atomic E-state index is 12.3. The first kappa shape index (κ1) is 18.9. The topological polar surface area (TPSA) is 73.9 Å². The SMILES string of the molecule is O=C(CNC(=O)c1sc2ccccc2c1Cl)OCc1cc(Cl)c2c(c1)OCO2. The summed E-state index contributed by atoms with van der Waals surface area (Å²) in [6.07, 6.45) is 0. The number of hydrogen-bond donors (Lipinski definition) is 1. The third kappa shape index (κ3) is 3.73. The summed E-state index contributed by atoms with van der Waals surface area (Å²) in [5.74, 6) is -0.0240. The lowest BCUT2D eigenvalue weighted by Gasteiger charge is -2.08. The molecule has 2 heterocycles. The second-order valence-corrected chi connectivity index (χ2v) is 7.73. The highest BCUT2D eigenvalue weighted by Crippen LogP contribution is 2.40. The second-order valence-electron chi connectivity index (χ2n) is 5.90. The van der Waals surface area contributed by atoms with Crippen molar-refractivity contribution in [1.82, 2.24) is 5.32 Å². The molecule has 1 amide bonds. The van der Waals surface area contributed by atoms with Gasteiger partial charge in [0.25, 0.3) is 5.91 Å². The smallest absolute Gasteiger partial charge is 0.325 e. The molecule has 1 N–H and O–H groups in total. The molecule has 9 heteroatoms. The van der Waals surface area contributed by atoms with E-state index < -0.39 is 11.9 Å². The number of ether oxygens (including phenoxy) is 3. The number of thiophene rings is 1. The van der Waals surface area contributed by atoms with Crippen LogP contribution in [-0.2, 0) is 16.1 Å². The maximum atomic E-state index is 12.3. The minimum absolute atomic E-state index is 0.00525. The van der Waals surface area contributed by atoms with Gasteiger partial charge < -0.3 is 19.5 Å². The minimum atomic E-state index is -0.584. The Hall–Kier alpha value is -2.48. The van der Waals surface area contributed by atoms with Gasteiger partial charge in [0.1, 0.15) is 18.0 Å². The van der Waals surface area contributed by atoms with Gasteiger partial charge in [0.05, 0.1) is 10.0 Å². The van der Waals surface area contributed by atoms with Gasteiger partial charge >= 0.3 is 5.97 Å². The zero-order valence-corrected chi connectivity index (χ0v) is 16.6. The average Bonchev–Trinajstić information content (AvgIpc) is 3.30. The van der Waals surface area contributed by atoms with Crippen LogP contribution >= 0.6 is 34.5 Å². The molecule has 1 aliphatic heterocycles. The van der Waals surface area contributed by atoms with Gasteiger partial charge in [-0.05, 0) is 23.8 Å². The van der Waals surface area contributed by atoms with Gasteiger partial charge in [-0.1, -0.05) is 41.4 Å². The Morgan fingerprint density at radius 1 is 1.18 bits per heavy atom. The van der Waals surface area contributed by atoms with Crippen LogP contribution in [0.5, 0.6) is 11.5 Å². The van der Waals surface area contributed by atoms with E-state index in [2.05, 4.69) is 5.32 Å². The molecule has 28 heavy (non-hydrogen) atoms. The molecule has 1 aliphatic rings. The molecule has 0 fully saturated rings. The highest BCUT2D eigenvalue weighted by molar-refractivity contribution is 7.21. The van der Waals surface area contributed by atoms with Crippen LogP contribution in [0.15, 0.2) is 36.4 Å². The quantitative estimate of drug-likeness (QED) is 0.598. The monoisotopic (exact) mass is 437 g/mol. The molecule has 0 saturated carbocycles. The molecule has 0 unspecified atom stereocenters. The zero-order valence-electron chi connectivity index (χ0n) is 14.3. The standard InChI is InChI=1S/C19H13Cl2NO5S/c20-12-5-10(6-13-17(12)27-9-26-13)8-25-15(23)7-22-19(24)18-16(21)11-3-1-2-4-14(11)28-18/h1-6H,7-9H2,(H,22,24). The van der Waals surface area contributed by atoms with Crippen molar-refractivity contribution in [2.45, 2.75) is 6.61 Å². The summed E-state index contributed by atoms with van der Waals surface area (Å²) >= 11 is 13.6. The first-order valence-electron chi connectivity index (χ1n) is 8.22. The Morgan fingerprint density at radius 2 is 2.00 bits per heavy atom. The molecule has 4 rings (SSSR count). The first-order valence-corrected chi connectivity index (χ1v) is 9.79. The number of hydrogen-bond acceptors (Lipinski definition) is 6. The van der Waals surface area contributed by atoms with Crippen molar-refractivity contribution in [3.8, 4) is 11.5 Å². The van der Waals surface area contributed by atoms with E-state index in [0.717, 1.165) is 10.1 Å². The zero-order chi connectivity index (χ0) is 19.7. The van der Waals surface area contributed by atoms with E-state index in [4.69, 9.17) is 37.4 Å². The third-order valence-electron chi connectivity index (χ3n) is 4.02. The lowest BCUT2D eigenvalue weighted by atomic mass is 10.2. The minimum Gasteiger partial charge on any atom is -0.459 e. The fraction of sp³-hybridized carbons (Fsp3) is 0.158. The predicted molar refractivity (Wildman–Crippen MR) is 107 cm³/mol. The van der Waals surface area contributed by atoms with Crippen molar-refractivity contribution in [3.05, 3.63) is 56.9 Å². The van der Waals surface area contributed by atoms with Crippen LogP contribution in [-0.4, -0.2) is 25.2 Å². The highest BCUT2D eigenvalue weighted by atomic mass is 35.5. The fourth-order valence-electron chi connectivity index (χ4n) is 2.71. The van der Waals surface area contributed by atoms with Crippen molar-refractivity contribution in [2.75, 3.05) is 13.3 Å². The van der Waals surface area contributed by atoms with E-state index in [1.165, 1.54) is 11.3 Å². The molecule has 0 aliphatic carbocycles. The van der Waals surface area contributed by atoms with Gasteiger partial charge in [-0.3, -0.25) is 9.59 Å². The Bertz CT molecular complexity index is 1080. The normalized spacial score (nSPS) is 12.2. The van der Waals surface area contributed by atoms with Crippen LogP contribution < -0.4 is 14.8 Å². The van der Waals surface area contributed by atoms with E-state index in [1.807, 2.05) is 24.3 Å². The van der Waals surface area contributed by atoms with Crippen LogP contribution in [0.3, 0.4) is 0 Å². The summed E-state index contributed by atoms with van der Waals surface area (Å²) < 4.78 is 16.6. The van der Waals surface area contributed by atoms with Gasteiger partial charge in [0.2, 0.25) is 6.79 Å². The van der Waals surface area contributed by atoms with E-state index in [-0.39, 0.29) is 19.9 Å². The number of nitrogens with one attached hydrogen (secondary N) is 1. The van der Waals surface area contributed by atoms with E-state index >= 15 is 0 Å². The summed E-state index contributed by atoms with van der Waals surface area (Å²) in [7, 11) is 0. The average molecular weight is 438 g/mol. The van der Waals surface area contributed by atoms with Crippen molar-refractivity contribution in [2.24, 2.45) is 0 Å². The summed E-state index contributed by atoms with van der Waals surface area (Å²) in [5.41, 5.74) is 0.654. The van der Waals surface area contributed by atoms with Crippen LogP contribution in [0.2, 0.25) is 10.0 Å². The van der Waals surface area contributed by atoms with Gasteiger partial charge in [0.15, 0.2) is 11.5 Å². The van der Waals surface area contributed by atoms with Crippen molar-refractivity contribution in [3.63, 3.8) is 0 Å². The molecule has 2 aromatic carbocycles. The second kappa shape index (κ2) is 7.87. The number of fused-ring (bicyclic) bond motifs is 2. The van der Waals surface area contributed by atoms with Gasteiger partial charge in [0, 0.05) is 10.1 Å². The number of carbonyl (C=O) groups excluding carboxylic acids is 2. The first-order chi connectivity index (χ1) is 13.5. The third-order valence-corrected chi connectivity index (χ3v) is 5.98. The lowest BCUT2D eigenvalue weighted by molar-refractivity contribution is -0.143. The van der Waals surface area contributed by atoms with Crippen LogP contribution in [0, 0.1) is 0 Å². The molecule has 0 saturated heterocycles. The van der Waals surface area contributed by atoms with Gasteiger partial charge in [-0.2, -0.15) is 0 Å². The molecule has 0 radical (unpaired) electrons. The summed E-state index contributed by atoms with van der Waals surface area (Å²) in [4.78, 5) is 24.7. The molecule has 144 valence electrons. The van der Waals surface area contributed by atoms with Crippen molar-refractivity contribution < 1.29 is 23.8 Å². The Morgan fingerprint density at radius 3 is 2.82 bits per heavy atom. The fourth-order valence-corrected chi connectivity index (χ4v) is 4.43. The summed E-state index contributed by atoms with van der Waals surface area (Å²) in [6.45, 7) is -0.180. The van der Waals surface area contributed by atoms with Gasteiger partial charge in [-0.25, -0.2) is 0 Å². The van der Waals surface area contributed by atoms with E-state index in [0.29, 0.717) is 32.0 Å². The Labute approximate surface area is 173 Å². The molecular formula is C19H13Cl2NO5S. The maximum Gasteiger partial charge on any atom is 0.325 e. The molecule has 1 aromatic heterocycles. The summed E-state index contributed by atoms with van der Waals surface area (Å²) in [6, 6.07) is 10.8. The Balaban J connectivity index is 1.33. The van der Waals surface area contributed by atoms with Crippen LogP contribution in [0.1, 0.15) is 15.2 Å². The predicted octanol–water partition coefficient (Wildman–Crippen LogP) is 4.41. The number of esters is 1. The number of rotatable bonds is 5.